The van der Waals surface area contributed by atoms with Crippen LogP contribution in [-0.4, -0.2) is 12.6 Å². The molecule has 0 spiro atoms. The van der Waals surface area contributed by atoms with Crippen molar-refractivity contribution in [2.75, 3.05) is 6.66 Å². The molecule has 3 heteroatoms. The number of hydrogen-bond acceptors (Lipinski definition) is 2. The van der Waals surface area contributed by atoms with Crippen molar-refractivity contribution < 1.29 is 9.53 Å². The van der Waals surface area contributed by atoms with E-state index in [9.17, 15) is 4.79 Å². The second-order valence-electron chi connectivity index (χ2n) is 5.74. The van der Waals surface area contributed by atoms with Crippen molar-refractivity contribution in [2.24, 2.45) is 0 Å². The summed E-state index contributed by atoms with van der Waals surface area (Å²) < 4.78 is 5.52. The van der Waals surface area contributed by atoms with Crippen LogP contribution in [0.15, 0.2) is 84.9 Å². The first-order valence-corrected chi connectivity index (χ1v) is 10.1. The zero-order valence-electron chi connectivity index (χ0n) is 13.8. The Morgan fingerprint density at radius 2 is 1.21 bits per heavy atom. The summed E-state index contributed by atoms with van der Waals surface area (Å²) in [7, 11) is -1.90. The lowest BCUT2D eigenvalue weighted by Crippen LogP contribution is -2.31. The normalized spacial score (nSPS) is 11.1. The summed E-state index contributed by atoms with van der Waals surface area (Å²) >= 11 is 0. The molecule has 0 aliphatic heterocycles. The van der Waals surface area contributed by atoms with Gasteiger partial charge in [-0.2, -0.15) is 0 Å². The molecule has 0 radical (unpaired) electrons. The Morgan fingerprint density at radius 3 is 1.71 bits per heavy atom. The van der Waals surface area contributed by atoms with Crippen LogP contribution in [0.25, 0.3) is 0 Å². The fraction of sp³-hybridized carbons (Fsp3) is 0.0952. The Labute approximate surface area is 143 Å². The molecule has 0 bridgehead atoms. The van der Waals surface area contributed by atoms with Crippen LogP contribution in [0.4, 0.5) is 0 Å². The van der Waals surface area contributed by atoms with Crippen molar-refractivity contribution in [1.29, 1.82) is 0 Å². The van der Waals surface area contributed by atoms with Gasteiger partial charge in [-0.1, -0.05) is 48.5 Å². The van der Waals surface area contributed by atoms with Gasteiger partial charge in [0.05, 0.1) is 6.66 Å². The lowest BCUT2D eigenvalue weighted by atomic mass is 10.3. The molecule has 3 aromatic rings. The van der Waals surface area contributed by atoms with Crippen LogP contribution in [-0.2, 0) is 4.79 Å². The molecule has 0 fully saturated rings. The number of ether oxygens (including phenoxy) is 1. The summed E-state index contributed by atoms with van der Waals surface area (Å²) in [6.07, 6.45) is 0. The second kappa shape index (κ2) is 6.98. The van der Waals surface area contributed by atoms with Gasteiger partial charge < -0.3 is 4.74 Å². The highest BCUT2D eigenvalue weighted by molar-refractivity contribution is 7.95. The van der Waals surface area contributed by atoms with Crippen molar-refractivity contribution in [3.05, 3.63) is 84.9 Å². The maximum Gasteiger partial charge on any atom is 0.308 e. The minimum atomic E-state index is -1.90. The zero-order valence-corrected chi connectivity index (χ0v) is 14.7. The minimum absolute atomic E-state index is 0.296. The molecule has 0 saturated carbocycles. The van der Waals surface area contributed by atoms with E-state index < -0.39 is 7.26 Å². The van der Waals surface area contributed by atoms with Crippen molar-refractivity contribution in [1.82, 2.24) is 0 Å². The van der Waals surface area contributed by atoms with Gasteiger partial charge in [0, 0.05) is 6.92 Å². The predicted octanol–water partition coefficient (Wildman–Crippen LogP) is 3.54. The van der Waals surface area contributed by atoms with E-state index in [0.29, 0.717) is 5.75 Å². The monoisotopic (exact) mass is 335 g/mol. The van der Waals surface area contributed by atoms with Crippen molar-refractivity contribution >= 4 is 29.1 Å². The van der Waals surface area contributed by atoms with E-state index in [1.54, 1.807) is 0 Å². The van der Waals surface area contributed by atoms with Crippen LogP contribution in [0, 0.1) is 0 Å². The van der Waals surface area contributed by atoms with E-state index >= 15 is 0 Å². The number of benzene rings is 3. The van der Waals surface area contributed by atoms with Crippen LogP contribution in [0.1, 0.15) is 6.92 Å². The summed E-state index contributed by atoms with van der Waals surface area (Å²) in [5, 5.41) is 3.60. The molecule has 0 aromatic heterocycles. The van der Waals surface area contributed by atoms with Gasteiger partial charge in [0.1, 0.15) is 23.2 Å². The number of esters is 1. The average Bonchev–Trinajstić information content (AvgIpc) is 2.62. The lowest BCUT2D eigenvalue weighted by molar-refractivity contribution is -0.131. The summed E-state index contributed by atoms with van der Waals surface area (Å²) in [5.74, 6) is 0.351. The smallest absolute Gasteiger partial charge is 0.308 e. The number of hydrogen-bond donors (Lipinski definition) is 0. The Bertz CT molecular complexity index is 789. The molecule has 0 amide bonds. The average molecular weight is 335 g/mol. The molecule has 120 valence electrons. The van der Waals surface area contributed by atoms with Gasteiger partial charge in [0.2, 0.25) is 0 Å². The summed E-state index contributed by atoms with van der Waals surface area (Å²) in [6, 6.07) is 28.8. The number of rotatable bonds is 4. The Kier molecular flexibility index (Phi) is 4.78. The van der Waals surface area contributed by atoms with Crippen LogP contribution in [0.5, 0.6) is 5.75 Å². The Hall–Kier alpha value is -2.44. The number of carbonyl (C=O) groups excluding carboxylic acids is 1. The van der Waals surface area contributed by atoms with Crippen molar-refractivity contribution in [3.8, 4) is 5.75 Å². The van der Waals surface area contributed by atoms with Gasteiger partial charge >= 0.3 is 5.97 Å². The molecule has 3 aromatic carbocycles. The Morgan fingerprint density at radius 1 is 0.750 bits per heavy atom. The summed E-state index contributed by atoms with van der Waals surface area (Å²) in [6.45, 7) is 3.72. The molecule has 3 rings (SSSR count). The topological polar surface area (TPSA) is 26.3 Å². The van der Waals surface area contributed by atoms with Crippen molar-refractivity contribution in [2.45, 2.75) is 6.92 Å². The van der Waals surface area contributed by atoms with Crippen LogP contribution < -0.4 is 20.7 Å². The highest BCUT2D eigenvalue weighted by Crippen LogP contribution is 2.53. The lowest BCUT2D eigenvalue weighted by Gasteiger charge is -2.24. The predicted molar refractivity (Wildman–Crippen MR) is 102 cm³/mol. The first kappa shape index (κ1) is 16.4. The molecule has 0 atom stereocenters. The van der Waals surface area contributed by atoms with Gasteiger partial charge in [-0.05, 0) is 36.4 Å². The second-order valence-corrected chi connectivity index (χ2v) is 9.27. The number of para-hydroxylation sites is 1. The van der Waals surface area contributed by atoms with Gasteiger partial charge in [-0.25, -0.2) is 0 Å². The molecule has 24 heavy (non-hydrogen) atoms. The molecule has 0 unspecified atom stereocenters. The molecule has 0 N–H and O–H groups in total. The summed E-state index contributed by atoms with van der Waals surface area (Å²) in [4.78, 5) is 11.6. The third-order valence-corrected chi connectivity index (χ3v) is 8.14. The zero-order chi connectivity index (χ0) is 17.0. The van der Waals surface area contributed by atoms with E-state index in [-0.39, 0.29) is 5.97 Å². The fourth-order valence-electron chi connectivity index (χ4n) is 2.95. The van der Waals surface area contributed by atoms with E-state index in [2.05, 4.69) is 61.3 Å². The molecule has 0 heterocycles. The standard InChI is InChI=1S/C21H20O2P/c1-17(22)23-20-15-9-10-16-21(20)24(2,18-11-5-3-6-12-18)19-13-7-4-8-14-19/h3-16H,1-2H3/q+1. The van der Waals surface area contributed by atoms with Gasteiger partial charge in [-0.15, -0.1) is 0 Å². The highest BCUT2D eigenvalue weighted by atomic mass is 31.2. The third kappa shape index (κ3) is 3.11. The molecule has 0 saturated heterocycles. The maximum atomic E-state index is 11.6. The van der Waals surface area contributed by atoms with Crippen LogP contribution in [0.3, 0.4) is 0 Å². The molecular weight excluding hydrogens is 315 g/mol. The van der Waals surface area contributed by atoms with Gasteiger partial charge in [-0.3, -0.25) is 4.79 Å². The van der Waals surface area contributed by atoms with Crippen LogP contribution in [0.2, 0.25) is 0 Å². The van der Waals surface area contributed by atoms with Crippen molar-refractivity contribution in [3.63, 3.8) is 0 Å². The third-order valence-electron chi connectivity index (χ3n) is 4.15. The maximum absolute atomic E-state index is 11.6. The molecular formula is C21H20O2P+. The van der Waals surface area contributed by atoms with E-state index in [1.807, 2.05) is 30.3 Å². The highest BCUT2D eigenvalue weighted by Gasteiger charge is 2.42. The first-order chi connectivity index (χ1) is 11.6. The molecule has 2 nitrogen and oxygen atoms in total. The summed E-state index contributed by atoms with van der Waals surface area (Å²) in [5.41, 5.74) is 0. The van der Waals surface area contributed by atoms with Crippen LogP contribution >= 0.6 is 7.26 Å². The number of carbonyl (C=O) groups is 1. The minimum Gasteiger partial charge on any atom is -0.422 e. The first-order valence-electron chi connectivity index (χ1n) is 7.88. The fourth-order valence-corrected chi connectivity index (χ4v) is 6.28. The molecule has 0 aliphatic rings. The van der Waals surface area contributed by atoms with E-state index in [0.717, 1.165) is 5.30 Å². The SMILES string of the molecule is CC(=O)Oc1ccccc1[P+](C)(c1ccccc1)c1ccccc1. The largest absolute Gasteiger partial charge is 0.422 e. The van der Waals surface area contributed by atoms with Gasteiger partial charge in [0.25, 0.3) is 0 Å². The molecule has 0 aliphatic carbocycles. The van der Waals surface area contributed by atoms with Gasteiger partial charge in [0.15, 0.2) is 5.75 Å². The van der Waals surface area contributed by atoms with E-state index in [1.165, 1.54) is 17.5 Å². The van der Waals surface area contributed by atoms with E-state index in [4.69, 9.17) is 4.74 Å². The Balaban J connectivity index is 2.26. The quantitative estimate of drug-likeness (QED) is 0.414.